The lowest BCUT2D eigenvalue weighted by Crippen LogP contribution is -2.48. The number of amides is 2. The predicted molar refractivity (Wildman–Crippen MR) is 112 cm³/mol. The first kappa shape index (κ1) is 20.8. The number of carbonyl (C=O) groups is 2. The molecule has 3 rings (SSSR count). The van der Waals surface area contributed by atoms with Crippen LogP contribution in [0, 0.1) is 11.3 Å². The van der Waals surface area contributed by atoms with Gasteiger partial charge in [0, 0.05) is 25.7 Å². The summed E-state index contributed by atoms with van der Waals surface area (Å²) in [6.45, 7) is 7.02. The van der Waals surface area contributed by atoms with Gasteiger partial charge in [-0.1, -0.05) is 44.2 Å². The topological polar surface area (TPSA) is 43.9 Å². The number of hydrogen-bond acceptors (Lipinski definition) is 3. The van der Waals surface area contributed by atoms with Crippen LogP contribution in [0.5, 0.6) is 0 Å². The fourth-order valence-corrected chi connectivity index (χ4v) is 4.79. The van der Waals surface area contributed by atoms with E-state index in [9.17, 15) is 9.59 Å². The van der Waals surface area contributed by atoms with Gasteiger partial charge in [0.05, 0.1) is 12.0 Å². The standard InChI is InChI=1S/C23H35N3O2/c1-18(2)16-26-20(14-19-8-6-5-7-9-19)15-23(22(26)28)10-12-25(13-11-23)21(27)17-24(3)4/h5-9,18,20H,10-17H2,1-4H3/t20-/m1/s1. The summed E-state index contributed by atoms with van der Waals surface area (Å²) in [4.78, 5) is 31.9. The van der Waals surface area contributed by atoms with Gasteiger partial charge in [0.25, 0.3) is 0 Å². The van der Waals surface area contributed by atoms with Gasteiger partial charge >= 0.3 is 0 Å². The third-order valence-electron chi connectivity index (χ3n) is 6.18. The molecule has 1 spiro atoms. The maximum absolute atomic E-state index is 13.5. The molecule has 2 aliphatic rings. The summed E-state index contributed by atoms with van der Waals surface area (Å²) in [5.41, 5.74) is 1.02. The first-order valence-electron chi connectivity index (χ1n) is 10.6. The molecule has 2 fully saturated rings. The van der Waals surface area contributed by atoms with Crippen molar-refractivity contribution in [1.29, 1.82) is 0 Å². The van der Waals surface area contributed by atoms with E-state index in [0.717, 1.165) is 32.2 Å². The average Bonchev–Trinajstić information content (AvgIpc) is 2.87. The molecule has 1 aromatic carbocycles. The maximum Gasteiger partial charge on any atom is 0.236 e. The van der Waals surface area contributed by atoms with E-state index in [4.69, 9.17) is 0 Å². The quantitative estimate of drug-likeness (QED) is 0.756. The van der Waals surface area contributed by atoms with Crippen LogP contribution in [0.4, 0.5) is 0 Å². The highest BCUT2D eigenvalue weighted by Gasteiger charge is 2.52. The summed E-state index contributed by atoms with van der Waals surface area (Å²) in [6, 6.07) is 10.8. The molecular weight excluding hydrogens is 350 g/mol. The zero-order valence-electron chi connectivity index (χ0n) is 17.9. The Morgan fingerprint density at radius 3 is 2.39 bits per heavy atom. The number of carbonyl (C=O) groups excluding carboxylic acids is 2. The van der Waals surface area contributed by atoms with Gasteiger partial charge in [0.1, 0.15) is 0 Å². The van der Waals surface area contributed by atoms with Crippen molar-refractivity contribution in [3.8, 4) is 0 Å². The lowest BCUT2D eigenvalue weighted by molar-refractivity contribution is -0.143. The SMILES string of the molecule is CC(C)CN1C(=O)C2(CCN(C(=O)CN(C)C)CC2)C[C@H]1Cc1ccccc1. The van der Waals surface area contributed by atoms with Crippen LogP contribution in [-0.2, 0) is 16.0 Å². The molecular formula is C23H35N3O2. The molecule has 2 amide bonds. The van der Waals surface area contributed by atoms with E-state index in [1.807, 2.05) is 30.0 Å². The molecule has 0 radical (unpaired) electrons. The Morgan fingerprint density at radius 2 is 1.82 bits per heavy atom. The number of benzene rings is 1. The molecule has 5 heteroatoms. The van der Waals surface area contributed by atoms with Crippen molar-refractivity contribution in [3.63, 3.8) is 0 Å². The smallest absolute Gasteiger partial charge is 0.236 e. The Morgan fingerprint density at radius 1 is 1.18 bits per heavy atom. The van der Waals surface area contributed by atoms with Crippen LogP contribution in [0.2, 0.25) is 0 Å². The van der Waals surface area contributed by atoms with Crippen molar-refractivity contribution in [3.05, 3.63) is 35.9 Å². The second kappa shape index (κ2) is 8.64. The number of hydrogen-bond donors (Lipinski definition) is 0. The number of likely N-dealkylation sites (N-methyl/N-ethyl adjacent to an activating group) is 1. The van der Waals surface area contributed by atoms with Crippen LogP contribution in [0.15, 0.2) is 30.3 Å². The van der Waals surface area contributed by atoms with Crippen LogP contribution in [0.3, 0.4) is 0 Å². The van der Waals surface area contributed by atoms with Gasteiger partial charge in [-0.3, -0.25) is 9.59 Å². The van der Waals surface area contributed by atoms with Crippen molar-refractivity contribution in [2.45, 2.75) is 45.6 Å². The van der Waals surface area contributed by atoms with E-state index in [1.54, 1.807) is 0 Å². The molecule has 0 aliphatic carbocycles. The van der Waals surface area contributed by atoms with Crippen molar-refractivity contribution in [2.75, 3.05) is 40.3 Å². The van der Waals surface area contributed by atoms with Crippen LogP contribution < -0.4 is 0 Å². The van der Waals surface area contributed by atoms with E-state index in [2.05, 4.69) is 43.0 Å². The molecule has 0 saturated carbocycles. The van der Waals surface area contributed by atoms with E-state index in [-0.39, 0.29) is 17.4 Å². The van der Waals surface area contributed by atoms with Crippen molar-refractivity contribution >= 4 is 11.8 Å². The fourth-order valence-electron chi connectivity index (χ4n) is 4.79. The van der Waals surface area contributed by atoms with Gasteiger partial charge in [-0.05, 0) is 51.3 Å². The Kier molecular flexibility index (Phi) is 6.43. The van der Waals surface area contributed by atoms with Crippen LogP contribution >= 0.6 is 0 Å². The van der Waals surface area contributed by atoms with Crippen molar-refractivity contribution < 1.29 is 9.59 Å². The van der Waals surface area contributed by atoms with Crippen molar-refractivity contribution in [1.82, 2.24) is 14.7 Å². The van der Waals surface area contributed by atoms with Gasteiger partial charge in [-0.25, -0.2) is 0 Å². The van der Waals surface area contributed by atoms with E-state index < -0.39 is 0 Å². The second-order valence-corrected chi connectivity index (χ2v) is 9.30. The first-order valence-corrected chi connectivity index (χ1v) is 10.6. The van der Waals surface area contributed by atoms with E-state index in [1.165, 1.54) is 5.56 Å². The highest BCUT2D eigenvalue weighted by atomic mass is 16.2. The summed E-state index contributed by atoms with van der Waals surface area (Å²) in [5, 5.41) is 0. The molecule has 1 aromatic rings. The third-order valence-corrected chi connectivity index (χ3v) is 6.18. The van der Waals surface area contributed by atoms with E-state index >= 15 is 0 Å². The maximum atomic E-state index is 13.5. The average molecular weight is 386 g/mol. The molecule has 0 unspecified atom stereocenters. The largest absolute Gasteiger partial charge is 0.342 e. The molecule has 2 heterocycles. The number of nitrogens with zero attached hydrogens (tertiary/aromatic N) is 3. The summed E-state index contributed by atoms with van der Waals surface area (Å²) < 4.78 is 0. The van der Waals surface area contributed by atoms with Gasteiger partial charge < -0.3 is 14.7 Å². The number of piperidine rings is 1. The molecule has 154 valence electrons. The predicted octanol–water partition coefficient (Wildman–Crippen LogP) is 2.66. The monoisotopic (exact) mass is 385 g/mol. The van der Waals surface area contributed by atoms with Gasteiger partial charge in [0.15, 0.2) is 0 Å². The Labute approximate surface area is 169 Å². The first-order chi connectivity index (χ1) is 13.3. The van der Waals surface area contributed by atoms with Crippen LogP contribution in [-0.4, -0.2) is 72.8 Å². The zero-order valence-corrected chi connectivity index (χ0v) is 17.9. The van der Waals surface area contributed by atoms with Crippen LogP contribution in [0.1, 0.15) is 38.7 Å². The molecule has 5 nitrogen and oxygen atoms in total. The molecule has 1 atom stereocenters. The number of rotatable bonds is 6. The minimum Gasteiger partial charge on any atom is -0.342 e. The highest BCUT2D eigenvalue weighted by Crippen LogP contribution is 2.45. The molecule has 28 heavy (non-hydrogen) atoms. The van der Waals surface area contributed by atoms with Gasteiger partial charge in [-0.2, -0.15) is 0 Å². The summed E-state index contributed by atoms with van der Waals surface area (Å²) in [6.07, 6.45) is 3.43. The molecule has 0 bridgehead atoms. The number of likely N-dealkylation sites (tertiary alicyclic amines) is 2. The van der Waals surface area contributed by atoms with Gasteiger partial charge in [0.2, 0.25) is 11.8 Å². The van der Waals surface area contributed by atoms with E-state index in [0.29, 0.717) is 31.5 Å². The zero-order chi connectivity index (χ0) is 20.3. The summed E-state index contributed by atoms with van der Waals surface area (Å²) >= 11 is 0. The van der Waals surface area contributed by atoms with Crippen LogP contribution in [0.25, 0.3) is 0 Å². The summed E-state index contributed by atoms with van der Waals surface area (Å²) in [5.74, 6) is 0.950. The fraction of sp³-hybridized carbons (Fsp3) is 0.652. The second-order valence-electron chi connectivity index (χ2n) is 9.30. The molecule has 2 aliphatic heterocycles. The molecule has 2 saturated heterocycles. The van der Waals surface area contributed by atoms with Crippen molar-refractivity contribution in [2.24, 2.45) is 11.3 Å². The molecule has 0 N–H and O–H groups in total. The Bertz CT molecular complexity index is 678. The lowest BCUT2D eigenvalue weighted by Gasteiger charge is -2.38. The molecule has 0 aromatic heterocycles. The Hall–Kier alpha value is -1.88. The Balaban J connectivity index is 1.71. The summed E-state index contributed by atoms with van der Waals surface area (Å²) in [7, 11) is 3.84. The normalized spacial score (nSPS) is 21.9. The lowest BCUT2D eigenvalue weighted by atomic mass is 9.75. The minimum absolute atomic E-state index is 0.171. The third kappa shape index (κ3) is 4.57. The minimum atomic E-state index is -0.275. The van der Waals surface area contributed by atoms with Gasteiger partial charge in [-0.15, -0.1) is 0 Å². The highest BCUT2D eigenvalue weighted by molar-refractivity contribution is 5.86.